The number of nitrogens with two attached hydrogens (primary N) is 1. The van der Waals surface area contributed by atoms with E-state index in [9.17, 15) is 0 Å². The van der Waals surface area contributed by atoms with Gasteiger partial charge in [0, 0.05) is 13.1 Å². The van der Waals surface area contributed by atoms with Crippen LogP contribution in [0.5, 0.6) is 0 Å². The number of hydrogen-bond donors (Lipinski definition) is 3. The van der Waals surface area contributed by atoms with E-state index < -0.39 is 0 Å². The number of aliphatic hydroxyl groups excluding tert-OH is 1. The van der Waals surface area contributed by atoms with Crippen molar-refractivity contribution in [2.75, 3.05) is 18.6 Å². The molecule has 0 bridgehead atoms. The number of nitrogens with zero attached hydrogens (tertiary/aromatic N) is 3. The van der Waals surface area contributed by atoms with Crippen LogP contribution >= 0.6 is 11.3 Å². The lowest BCUT2D eigenvalue weighted by Crippen LogP contribution is -2.26. The van der Waals surface area contributed by atoms with Crippen LogP contribution in [0.1, 0.15) is 10.6 Å². The van der Waals surface area contributed by atoms with Crippen molar-refractivity contribution in [2.24, 2.45) is 5.84 Å². The van der Waals surface area contributed by atoms with Gasteiger partial charge < -0.3 is 5.11 Å². The number of hydrazine groups is 1. The maximum atomic E-state index is 9.14. The monoisotopic (exact) mass is 279 g/mol. The molecule has 1 aromatic heterocycles. The minimum atomic E-state index is 0.119. The van der Waals surface area contributed by atoms with E-state index in [-0.39, 0.29) is 6.61 Å². The van der Waals surface area contributed by atoms with Crippen molar-refractivity contribution in [2.45, 2.75) is 13.1 Å². The Balaban J connectivity index is 1.99. The van der Waals surface area contributed by atoms with Gasteiger partial charge in [-0.3, -0.25) is 10.3 Å². The first kappa shape index (κ1) is 13.9. The molecule has 0 fully saturated rings. The van der Waals surface area contributed by atoms with Crippen molar-refractivity contribution in [3.05, 3.63) is 40.9 Å². The van der Waals surface area contributed by atoms with Crippen LogP contribution in [0, 0.1) is 0 Å². The van der Waals surface area contributed by atoms with E-state index in [2.05, 4.69) is 32.7 Å². The first-order chi connectivity index (χ1) is 9.31. The Labute approximate surface area is 115 Å². The molecule has 1 heterocycles. The SMILES string of the molecule is NNc1nnc(CN(CCO)Cc2ccccc2)s1. The van der Waals surface area contributed by atoms with Crippen molar-refractivity contribution in [3.8, 4) is 0 Å². The smallest absolute Gasteiger partial charge is 0.219 e. The summed E-state index contributed by atoms with van der Waals surface area (Å²) in [6.07, 6.45) is 0. The zero-order chi connectivity index (χ0) is 13.5. The number of hydrogen-bond acceptors (Lipinski definition) is 7. The van der Waals surface area contributed by atoms with Crippen molar-refractivity contribution in [3.63, 3.8) is 0 Å². The van der Waals surface area contributed by atoms with Crippen molar-refractivity contribution in [1.29, 1.82) is 0 Å². The second-order valence-electron chi connectivity index (χ2n) is 4.07. The molecule has 4 N–H and O–H groups in total. The summed E-state index contributed by atoms with van der Waals surface area (Å²) in [5.41, 5.74) is 3.69. The second kappa shape index (κ2) is 7.15. The lowest BCUT2D eigenvalue weighted by molar-refractivity contribution is 0.184. The highest BCUT2D eigenvalue weighted by Gasteiger charge is 2.10. The molecule has 19 heavy (non-hydrogen) atoms. The summed E-state index contributed by atoms with van der Waals surface area (Å²) in [6.45, 7) is 2.13. The molecular weight excluding hydrogens is 262 g/mol. The van der Waals surface area contributed by atoms with Crippen LogP contribution in [0.25, 0.3) is 0 Å². The van der Waals surface area contributed by atoms with Crippen LogP contribution in [0.2, 0.25) is 0 Å². The molecule has 2 aromatic rings. The first-order valence-electron chi connectivity index (χ1n) is 5.98. The Morgan fingerprint density at radius 3 is 2.63 bits per heavy atom. The Morgan fingerprint density at radius 1 is 1.21 bits per heavy atom. The lowest BCUT2D eigenvalue weighted by atomic mass is 10.2. The molecule has 0 radical (unpaired) electrons. The zero-order valence-corrected chi connectivity index (χ0v) is 11.3. The molecule has 102 valence electrons. The van der Waals surface area contributed by atoms with Crippen LogP contribution in [-0.2, 0) is 13.1 Å². The summed E-state index contributed by atoms with van der Waals surface area (Å²) in [7, 11) is 0. The van der Waals surface area contributed by atoms with Crippen LogP contribution in [0.15, 0.2) is 30.3 Å². The van der Waals surface area contributed by atoms with Gasteiger partial charge in [0.05, 0.1) is 13.2 Å². The van der Waals surface area contributed by atoms with Gasteiger partial charge in [0.1, 0.15) is 5.01 Å². The number of aromatic nitrogens is 2. The van der Waals surface area contributed by atoms with Gasteiger partial charge in [-0.25, -0.2) is 5.84 Å². The Bertz CT molecular complexity index is 490. The number of nitrogens with one attached hydrogen (secondary N) is 1. The van der Waals surface area contributed by atoms with E-state index >= 15 is 0 Å². The summed E-state index contributed by atoms with van der Waals surface area (Å²) in [5, 5.41) is 18.6. The van der Waals surface area contributed by atoms with Gasteiger partial charge in [-0.1, -0.05) is 41.7 Å². The van der Waals surface area contributed by atoms with Gasteiger partial charge in [-0.05, 0) is 5.56 Å². The average Bonchev–Trinajstić information content (AvgIpc) is 2.88. The topological polar surface area (TPSA) is 87.3 Å². The van der Waals surface area contributed by atoms with Crippen LogP contribution in [0.4, 0.5) is 5.13 Å². The van der Waals surface area contributed by atoms with Gasteiger partial charge in [-0.2, -0.15) is 0 Å². The number of aliphatic hydroxyl groups is 1. The van der Waals surface area contributed by atoms with Crippen molar-refractivity contribution in [1.82, 2.24) is 15.1 Å². The van der Waals surface area contributed by atoms with Crippen LogP contribution < -0.4 is 11.3 Å². The minimum absolute atomic E-state index is 0.119. The van der Waals surface area contributed by atoms with Gasteiger partial charge in [0.15, 0.2) is 0 Å². The lowest BCUT2D eigenvalue weighted by Gasteiger charge is -2.19. The molecule has 0 saturated carbocycles. The molecule has 0 aliphatic carbocycles. The Kier molecular flexibility index (Phi) is 5.22. The summed E-state index contributed by atoms with van der Waals surface area (Å²) in [5.74, 6) is 5.28. The van der Waals surface area contributed by atoms with Gasteiger partial charge in [-0.15, -0.1) is 10.2 Å². The highest BCUT2D eigenvalue weighted by Crippen LogP contribution is 2.16. The maximum Gasteiger partial charge on any atom is 0.219 e. The zero-order valence-electron chi connectivity index (χ0n) is 10.5. The third kappa shape index (κ3) is 4.25. The normalized spacial score (nSPS) is 10.9. The average molecular weight is 279 g/mol. The van der Waals surface area contributed by atoms with Gasteiger partial charge in [0.25, 0.3) is 0 Å². The molecule has 1 aromatic carbocycles. The molecule has 0 saturated heterocycles. The van der Waals surface area contributed by atoms with E-state index in [0.717, 1.165) is 11.6 Å². The van der Waals surface area contributed by atoms with E-state index in [1.165, 1.54) is 16.9 Å². The standard InChI is InChI=1S/C12H17N5OS/c13-14-12-16-15-11(19-12)9-17(6-7-18)8-10-4-2-1-3-5-10/h1-5,18H,6-9,13H2,(H,14,16). The Morgan fingerprint density at radius 2 is 2.00 bits per heavy atom. The maximum absolute atomic E-state index is 9.14. The molecule has 0 aliphatic heterocycles. The first-order valence-corrected chi connectivity index (χ1v) is 6.79. The molecule has 0 atom stereocenters. The molecule has 0 unspecified atom stereocenters. The number of benzene rings is 1. The van der Waals surface area contributed by atoms with E-state index in [4.69, 9.17) is 10.9 Å². The minimum Gasteiger partial charge on any atom is -0.395 e. The fraction of sp³-hybridized carbons (Fsp3) is 0.333. The quantitative estimate of drug-likeness (QED) is 0.514. The van der Waals surface area contributed by atoms with E-state index in [1.54, 1.807) is 0 Å². The van der Waals surface area contributed by atoms with Crippen molar-refractivity contribution >= 4 is 16.5 Å². The highest BCUT2D eigenvalue weighted by molar-refractivity contribution is 7.15. The van der Waals surface area contributed by atoms with Crippen LogP contribution in [0.3, 0.4) is 0 Å². The van der Waals surface area contributed by atoms with Crippen molar-refractivity contribution < 1.29 is 5.11 Å². The number of nitrogen functional groups attached to an aromatic ring is 1. The second-order valence-corrected chi connectivity index (χ2v) is 5.13. The molecule has 0 spiro atoms. The summed E-state index contributed by atoms with van der Waals surface area (Å²) < 4.78 is 0. The molecule has 6 nitrogen and oxygen atoms in total. The fourth-order valence-electron chi connectivity index (χ4n) is 1.76. The molecular formula is C12H17N5OS. The Hall–Kier alpha value is -1.54. The fourth-order valence-corrected chi connectivity index (χ4v) is 2.46. The third-order valence-corrected chi connectivity index (χ3v) is 3.45. The number of anilines is 1. The molecule has 0 amide bonds. The largest absolute Gasteiger partial charge is 0.395 e. The summed E-state index contributed by atoms with van der Waals surface area (Å²) in [6, 6.07) is 10.1. The third-order valence-electron chi connectivity index (χ3n) is 2.61. The molecule has 2 rings (SSSR count). The summed E-state index contributed by atoms with van der Waals surface area (Å²) >= 11 is 1.42. The predicted molar refractivity (Wildman–Crippen MR) is 75.4 cm³/mol. The highest BCUT2D eigenvalue weighted by atomic mass is 32.1. The molecule has 0 aliphatic rings. The van der Waals surface area contributed by atoms with Crippen LogP contribution in [-0.4, -0.2) is 33.4 Å². The van der Waals surface area contributed by atoms with E-state index in [0.29, 0.717) is 18.2 Å². The summed E-state index contributed by atoms with van der Waals surface area (Å²) in [4.78, 5) is 2.12. The van der Waals surface area contributed by atoms with E-state index in [1.807, 2.05) is 18.2 Å². The predicted octanol–water partition coefficient (Wildman–Crippen LogP) is 0.818. The number of rotatable bonds is 7. The molecule has 7 heteroatoms. The van der Waals surface area contributed by atoms with Gasteiger partial charge in [0.2, 0.25) is 5.13 Å². The van der Waals surface area contributed by atoms with Gasteiger partial charge >= 0.3 is 0 Å².